The Labute approximate surface area is 253 Å². The molecular weight excluding hydrogens is 627 g/mol. The van der Waals surface area contributed by atoms with Gasteiger partial charge in [-0.2, -0.15) is 5.10 Å². The molecule has 1 unspecified atom stereocenters. The lowest BCUT2D eigenvalue weighted by Crippen LogP contribution is -2.29. The molecule has 0 saturated heterocycles. The van der Waals surface area contributed by atoms with E-state index in [2.05, 4.69) is 15.9 Å². The number of hydrogen-bond donors (Lipinski definition) is 0. The number of hydrazone groups is 1. The van der Waals surface area contributed by atoms with E-state index < -0.39 is 0 Å². The van der Waals surface area contributed by atoms with Crippen molar-refractivity contribution in [1.82, 2.24) is 14.6 Å². The van der Waals surface area contributed by atoms with Gasteiger partial charge in [-0.1, -0.05) is 39.8 Å². The predicted molar refractivity (Wildman–Crippen MR) is 163 cm³/mol. The summed E-state index contributed by atoms with van der Waals surface area (Å²) in [6.45, 7) is 0. The number of amides is 1. The van der Waals surface area contributed by atoms with Gasteiger partial charge in [-0.05, 0) is 71.8 Å². The lowest BCUT2D eigenvalue weighted by molar-refractivity contribution is -0.130. The van der Waals surface area contributed by atoms with Crippen molar-refractivity contribution in [3.05, 3.63) is 110 Å². The summed E-state index contributed by atoms with van der Waals surface area (Å²) < 4.78 is 21.5. The number of rotatable bonds is 7. The van der Waals surface area contributed by atoms with E-state index in [1.54, 1.807) is 23.8 Å². The van der Waals surface area contributed by atoms with Gasteiger partial charge in [0.15, 0.2) is 5.16 Å². The summed E-state index contributed by atoms with van der Waals surface area (Å²) >= 11 is 6.18. The van der Waals surface area contributed by atoms with Crippen LogP contribution < -0.4 is 10.3 Å². The van der Waals surface area contributed by atoms with Crippen LogP contribution in [0.5, 0.6) is 5.75 Å². The average molecular weight is 652 g/mol. The first-order chi connectivity index (χ1) is 19.9. The van der Waals surface area contributed by atoms with Crippen LogP contribution in [0.25, 0.3) is 5.69 Å². The highest BCUT2D eigenvalue weighted by molar-refractivity contribution is 9.10. The summed E-state index contributed by atoms with van der Waals surface area (Å²) in [5.74, 6) is 0.971. The molecule has 1 atom stereocenters. The van der Waals surface area contributed by atoms with Crippen molar-refractivity contribution < 1.29 is 13.9 Å². The average Bonchev–Trinajstić information content (AvgIpc) is 3.65. The molecule has 0 aliphatic carbocycles. The zero-order chi connectivity index (χ0) is 28.5. The summed E-state index contributed by atoms with van der Waals surface area (Å²) in [6, 6.07) is 20.7. The molecule has 0 fully saturated rings. The molecule has 2 aliphatic heterocycles. The number of hydrogen-bond acceptors (Lipinski definition) is 7. The Morgan fingerprint density at radius 2 is 1.83 bits per heavy atom. The Kier molecular flexibility index (Phi) is 8.01. The molecule has 3 aromatic carbocycles. The molecule has 3 heterocycles. The van der Waals surface area contributed by atoms with Crippen LogP contribution in [-0.2, 0) is 11.2 Å². The fourth-order valence-corrected chi connectivity index (χ4v) is 7.01. The van der Waals surface area contributed by atoms with E-state index in [-0.39, 0.29) is 29.1 Å². The minimum absolute atomic E-state index is 0.0198. The third-order valence-corrected chi connectivity index (χ3v) is 9.48. The molecular formula is C30H24BrFN4O3S2. The van der Waals surface area contributed by atoms with Crippen LogP contribution in [0.1, 0.15) is 29.3 Å². The highest BCUT2D eigenvalue weighted by Gasteiger charge is 2.33. The Bertz CT molecular complexity index is 1690. The molecule has 4 aromatic rings. The number of fused-ring (bicyclic) bond motifs is 1. The Balaban J connectivity index is 1.31. The number of aromatic nitrogens is 2. The molecule has 0 bridgehead atoms. The number of ether oxygens (including phenoxy) is 1. The van der Waals surface area contributed by atoms with Crippen molar-refractivity contribution in [2.45, 2.75) is 28.9 Å². The molecule has 0 spiro atoms. The number of benzene rings is 3. The van der Waals surface area contributed by atoms with Crippen molar-refractivity contribution in [2.24, 2.45) is 5.10 Å². The second kappa shape index (κ2) is 11.8. The van der Waals surface area contributed by atoms with Crippen LogP contribution in [0, 0.1) is 5.82 Å². The molecule has 1 aromatic heterocycles. The third-order valence-electron chi connectivity index (χ3n) is 6.92. The van der Waals surface area contributed by atoms with Crippen LogP contribution in [0.2, 0.25) is 0 Å². The molecule has 0 radical (unpaired) electrons. The van der Waals surface area contributed by atoms with Gasteiger partial charge in [0.25, 0.3) is 11.5 Å². The first kappa shape index (κ1) is 27.7. The lowest BCUT2D eigenvalue weighted by atomic mass is 9.98. The summed E-state index contributed by atoms with van der Waals surface area (Å²) in [4.78, 5) is 32.7. The third kappa shape index (κ3) is 5.71. The lowest BCUT2D eigenvalue weighted by Gasteiger charge is -2.22. The molecule has 0 saturated carbocycles. The minimum Gasteiger partial charge on any atom is -0.497 e. The molecule has 2 aliphatic rings. The zero-order valence-corrected chi connectivity index (χ0v) is 25.1. The van der Waals surface area contributed by atoms with E-state index in [0.717, 1.165) is 38.5 Å². The van der Waals surface area contributed by atoms with Crippen molar-refractivity contribution in [1.29, 1.82) is 0 Å². The first-order valence-corrected chi connectivity index (χ1v) is 15.6. The maximum absolute atomic E-state index is 13.7. The zero-order valence-electron chi connectivity index (χ0n) is 21.9. The van der Waals surface area contributed by atoms with Gasteiger partial charge < -0.3 is 4.74 Å². The van der Waals surface area contributed by atoms with Gasteiger partial charge in [0.1, 0.15) is 11.6 Å². The van der Waals surface area contributed by atoms with Crippen molar-refractivity contribution in [3.8, 4) is 11.4 Å². The first-order valence-electron chi connectivity index (χ1n) is 12.9. The van der Waals surface area contributed by atoms with Gasteiger partial charge in [0.2, 0.25) is 0 Å². The van der Waals surface area contributed by atoms with Crippen molar-refractivity contribution in [3.63, 3.8) is 0 Å². The molecule has 6 rings (SSSR count). The Hall–Kier alpha value is -3.41. The van der Waals surface area contributed by atoms with Crippen LogP contribution in [0.15, 0.2) is 97.2 Å². The van der Waals surface area contributed by atoms with E-state index in [9.17, 15) is 14.0 Å². The van der Waals surface area contributed by atoms with Gasteiger partial charge in [-0.15, -0.1) is 11.8 Å². The largest absolute Gasteiger partial charge is 0.497 e. The number of aryl methyl sites for hydroxylation is 1. The number of methoxy groups -OCH3 is 1. The summed E-state index contributed by atoms with van der Waals surface area (Å²) in [6.07, 6.45) is 1.19. The van der Waals surface area contributed by atoms with Crippen molar-refractivity contribution in [2.75, 3.05) is 18.6 Å². The van der Waals surface area contributed by atoms with Gasteiger partial charge >= 0.3 is 0 Å². The van der Waals surface area contributed by atoms with Crippen LogP contribution >= 0.6 is 39.5 Å². The molecule has 1 amide bonds. The second-order valence-electron chi connectivity index (χ2n) is 9.46. The van der Waals surface area contributed by atoms with E-state index in [1.165, 1.54) is 40.7 Å². The van der Waals surface area contributed by atoms with Gasteiger partial charge in [-0.3, -0.25) is 14.2 Å². The highest BCUT2D eigenvalue weighted by Crippen LogP contribution is 2.35. The fraction of sp³-hybridized carbons (Fsp3) is 0.200. The number of carbonyl (C=O) groups is 1. The molecule has 41 heavy (non-hydrogen) atoms. The number of carbonyl (C=O) groups excluding carboxylic acids is 1. The van der Waals surface area contributed by atoms with Crippen LogP contribution in [0.3, 0.4) is 0 Å². The summed E-state index contributed by atoms with van der Waals surface area (Å²) in [5, 5.41) is 6.67. The molecule has 11 heteroatoms. The number of thioether (sulfide) groups is 2. The maximum atomic E-state index is 13.7. The van der Waals surface area contributed by atoms with Gasteiger partial charge in [0.05, 0.1) is 40.9 Å². The molecule has 208 valence electrons. The summed E-state index contributed by atoms with van der Waals surface area (Å²) in [5.41, 5.74) is 3.74. The van der Waals surface area contributed by atoms with Crippen molar-refractivity contribution >= 4 is 51.1 Å². The van der Waals surface area contributed by atoms with Crippen LogP contribution in [-0.4, -0.2) is 44.8 Å². The quantitative estimate of drug-likeness (QED) is 0.174. The monoisotopic (exact) mass is 650 g/mol. The fourth-order valence-electron chi connectivity index (χ4n) is 4.84. The normalized spacial score (nSPS) is 16.0. The number of halogens is 2. The van der Waals surface area contributed by atoms with Gasteiger partial charge in [-0.25, -0.2) is 14.4 Å². The smallest absolute Gasteiger partial charge is 0.272 e. The van der Waals surface area contributed by atoms with E-state index in [1.807, 2.05) is 48.5 Å². The molecule has 7 nitrogen and oxygen atoms in total. The molecule has 0 N–H and O–H groups in total. The predicted octanol–water partition coefficient (Wildman–Crippen LogP) is 6.26. The van der Waals surface area contributed by atoms with E-state index in [0.29, 0.717) is 28.6 Å². The topological polar surface area (TPSA) is 76.8 Å². The number of nitrogens with zero attached hydrogens (tertiary/aromatic N) is 4. The van der Waals surface area contributed by atoms with Crippen LogP contribution in [0.4, 0.5) is 4.39 Å². The standard InChI is InChI=1S/C30H24BrFN4O3S2/c1-39-23-12-4-18(5-13-23)25-16-26(19-2-8-21(32)9-3-19)36(34-25)27(37)17-41-30-33-24-14-15-40-28(24)29(38)35(30)22-10-6-20(31)7-11-22/h2-13,26H,14-17H2,1H3. The summed E-state index contributed by atoms with van der Waals surface area (Å²) in [7, 11) is 1.61. The van der Waals surface area contributed by atoms with Gasteiger partial charge in [0, 0.05) is 23.1 Å². The SMILES string of the molecule is COc1ccc(C2=NN(C(=O)CSc3nc4c(c(=O)n3-c3ccc(Br)cc3)SCC4)C(c3ccc(F)cc3)C2)cc1. The minimum atomic E-state index is -0.390. The maximum Gasteiger partial charge on any atom is 0.272 e. The van der Waals surface area contributed by atoms with E-state index >= 15 is 0 Å². The highest BCUT2D eigenvalue weighted by atomic mass is 79.9. The Morgan fingerprint density at radius 3 is 2.54 bits per heavy atom. The Morgan fingerprint density at radius 1 is 1.10 bits per heavy atom. The second-order valence-corrected chi connectivity index (χ2v) is 12.4. The van der Waals surface area contributed by atoms with E-state index in [4.69, 9.17) is 14.8 Å².